The predicted octanol–water partition coefficient (Wildman–Crippen LogP) is 2.38. The van der Waals surface area contributed by atoms with Crippen LogP contribution >= 0.6 is 0 Å². The summed E-state index contributed by atoms with van der Waals surface area (Å²) in [6.07, 6.45) is 3.60. The summed E-state index contributed by atoms with van der Waals surface area (Å²) >= 11 is 0. The zero-order valence-electron chi connectivity index (χ0n) is 12.7. The molecule has 0 heterocycles. The van der Waals surface area contributed by atoms with Crippen molar-refractivity contribution in [1.29, 1.82) is 0 Å². The molecule has 0 bridgehead atoms. The molecule has 0 spiro atoms. The molecular weight excluding hydrogens is 266 g/mol. The van der Waals surface area contributed by atoms with Gasteiger partial charge in [-0.1, -0.05) is 57.0 Å². The maximum absolute atomic E-state index is 11.7. The molecule has 5 nitrogen and oxygen atoms in total. The number of hydrazone groups is 1. The molecule has 2 amide bonds. The molecule has 0 fully saturated rings. The topological polar surface area (TPSA) is 70.6 Å². The Bertz CT molecular complexity index is 476. The first kappa shape index (κ1) is 16.9. The Morgan fingerprint density at radius 1 is 1.00 bits per heavy atom. The summed E-state index contributed by atoms with van der Waals surface area (Å²) in [5.41, 5.74) is 4.19. The van der Waals surface area contributed by atoms with Crippen LogP contribution in [0.2, 0.25) is 0 Å². The number of benzene rings is 1. The SMILES string of the molecule is CCCC(CCC)=NNC(=O)C(=O)NCc1ccccc1. The second kappa shape index (κ2) is 9.69. The van der Waals surface area contributed by atoms with Crippen molar-refractivity contribution in [2.75, 3.05) is 0 Å². The quantitative estimate of drug-likeness (QED) is 0.459. The van der Waals surface area contributed by atoms with E-state index in [4.69, 9.17) is 0 Å². The van der Waals surface area contributed by atoms with E-state index in [0.29, 0.717) is 6.54 Å². The molecule has 0 aliphatic carbocycles. The number of carbonyl (C=O) groups excluding carboxylic acids is 2. The standard InChI is InChI=1S/C16H23N3O2/c1-3-8-14(9-4-2)18-19-16(21)15(20)17-12-13-10-6-5-7-11-13/h5-7,10-11H,3-4,8-9,12H2,1-2H3,(H,17,20)(H,19,21). The number of amides is 2. The van der Waals surface area contributed by atoms with Crippen molar-refractivity contribution in [2.45, 2.75) is 46.1 Å². The third-order valence-corrected chi connectivity index (χ3v) is 2.89. The fraction of sp³-hybridized carbons (Fsp3) is 0.438. The molecule has 0 unspecified atom stereocenters. The lowest BCUT2D eigenvalue weighted by Crippen LogP contribution is -2.37. The maximum Gasteiger partial charge on any atom is 0.329 e. The number of carbonyl (C=O) groups is 2. The summed E-state index contributed by atoms with van der Waals surface area (Å²) in [5.74, 6) is -1.40. The summed E-state index contributed by atoms with van der Waals surface area (Å²) in [6, 6.07) is 9.44. The van der Waals surface area contributed by atoms with E-state index in [9.17, 15) is 9.59 Å². The van der Waals surface area contributed by atoms with Gasteiger partial charge in [0.25, 0.3) is 0 Å². The minimum atomic E-state index is -0.726. The molecule has 21 heavy (non-hydrogen) atoms. The molecule has 0 aliphatic rings. The summed E-state index contributed by atoms with van der Waals surface area (Å²) in [4.78, 5) is 23.3. The zero-order valence-corrected chi connectivity index (χ0v) is 12.7. The van der Waals surface area contributed by atoms with E-state index >= 15 is 0 Å². The third-order valence-electron chi connectivity index (χ3n) is 2.89. The van der Waals surface area contributed by atoms with Gasteiger partial charge >= 0.3 is 11.8 Å². The lowest BCUT2D eigenvalue weighted by atomic mass is 10.1. The minimum Gasteiger partial charge on any atom is -0.344 e. The van der Waals surface area contributed by atoms with Crippen LogP contribution in [0, 0.1) is 0 Å². The van der Waals surface area contributed by atoms with Crippen LogP contribution in [0.1, 0.15) is 45.1 Å². The van der Waals surface area contributed by atoms with Gasteiger partial charge in [-0.15, -0.1) is 0 Å². The molecule has 1 rings (SSSR count). The smallest absolute Gasteiger partial charge is 0.329 e. The largest absolute Gasteiger partial charge is 0.344 e. The van der Waals surface area contributed by atoms with Gasteiger partial charge in [-0.25, -0.2) is 5.43 Å². The second-order valence-corrected chi connectivity index (χ2v) is 4.79. The molecule has 114 valence electrons. The highest BCUT2D eigenvalue weighted by Crippen LogP contribution is 2.00. The lowest BCUT2D eigenvalue weighted by Gasteiger charge is -2.06. The van der Waals surface area contributed by atoms with E-state index in [0.717, 1.165) is 37.0 Å². The van der Waals surface area contributed by atoms with Gasteiger partial charge in [-0.2, -0.15) is 5.10 Å². The molecule has 0 radical (unpaired) electrons. The van der Waals surface area contributed by atoms with Crippen LogP contribution in [0.4, 0.5) is 0 Å². The maximum atomic E-state index is 11.7. The van der Waals surface area contributed by atoms with Crippen molar-refractivity contribution in [2.24, 2.45) is 5.10 Å². The Labute approximate surface area is 125 Å². The molecule has 5 heteroatoms. The van der Waals surface area contributed by atoms with Gasteiger partial charge in [-0.3, -0.25) is 9.59 Å². The molecule has 0 aromatic heterocycles. The normalized spacial score (nSPS) is 9.81. The van der Waals surface area contributed by atoms with E-state index in [2.05, 4.69) is 29.7 Å². The van der Waals surface area contributed by atoms with Gasteiger partial charge in [0.05, 0.1) is 0 Å². The highest BCUT2D eigenvalue weighted by Gasteiger charge is 2.12. The lowest BCUT2D eigenvalue weighted by molar-refractivity contribution is -0.139. The first-order chi connectivity index (χ1) is 10.2. The summed E-state index contributed by atoms with van der Waals surface area (Å²) in [7, 11) is 0. The molecule has 1 aromatic carbocycles. The minimum absolute atomic E-state index is 0.327. The Balaban J connectivity index is 2.43. The Hall–Kier alpha value is -2.17. The van der Waals surface area contributed by atoms with E-state index in [1.54, 1.807) is 0 Å². The van der Waals surface area contributed by atoms with E-state index in [1.807, 2.05) is 30.3 Å². The van der Waals surface area contributed by atoms with Crippen molar-refractivity contribution in [3.63, 3.8) is 0 Å². The number of hydrogen-bond acceptors (Lipinski definition) is 3. The first-order valence-corrected chi connectivity index (χ1v) is 7.34. The monoisotopic (exact) mass is 289 g/mol. The van der Waals surface area contributed by atoms with Crippen LogP contribution < -0.4 is 10.7 Å². The van der Waals surface area contributed by atoms with Crippen molar-refractivity contribution in [3.05, 3.63) is 35.9 Å². The van der Waals surface area contributed by atoms with Crippen LogP contribution in [0.3, 0.4) is 0 Å². The predicted molar refractivity (Wildman–Crippen MR) is 83.7 cm³/mol. The van der Waals surface area contributed by atoms with Crippen LogP contribution in [0.5, 0.6) is 0 Å². The van der Waals surface area contributed by atoms with Gasteiger partial charge in [0.15, 0.2) is 0 Å². The first-order valence-electron chi connectivity index (χ1n) is 7.34. The molecule has 0 saturated carbocycles. The Morgan fingerprint density at radius 3 is 2.19 bits per heavy atom. The van der Waals surface area contributed by atoms with Crippen molar-refractivity contribution < 1.29 is 9.59 Å². The Kier molecular flexibility index (Phi) is 7.79. The molecule has 2 N–H and O–H groups in total. The molecule has 0 saturated heterocycles. The highest BCUT2D eigenvalue weighted by atomic mass is 16.2. The van der Waals surface area contributed by atoms with Gasteiger partial charge < -0.3 is 5.32 Å². The summed E-state index contributed by atoms with van der Waals surface area (Å²) < 4.78 is 0. The molecule has 1 aromatic rings. The number of nitrogens with one attached hydrogen (secondary N) is 2. The summed E-state index contributed by atoms with van der Waals surface area (Å²) in [6.45, 7) is 4.44. The number of nitrogens with zero attached hydrogens (tertiary/aromatic N) is 1. The van der Waals surface area contributed by atoms with Crippen LogP contribution in [-0.2, 0) is 16.1 Å². The fourth-order valence-corrected chi connectivity index (χ4v) is 1.85. The van der Waals surface area contributed by atoms with Crippen LogP contribution in [0.15, 0.2) is 35.4 Å². The van der Waals surface area contributed by atoms with Gasteiger partial charge in [-0.05, 0) is 18.4 Å². The van der Waals surface area contributed by atoms with Crippen LogP contribution in [0.25, 0.3) is 0 Å². The van der Waals surface area contributed by atoms with Gasteiger partial charge in [0, 0.05) is 12.3 Å². The van der Waals surface area contributed by atoms with Crippen molar-refractivity contribution in [3.8, 4) is 0 Å². The van der Waals surface area contributed by atoms with E-state index < -0.39 is 11.8 Å². The number of hydrogen-bond donors (Lipinski definition) is 2. The average molecular weight is 289 g/mol. The van der Waals surface area contributed by atoms with Gasteiger partial charge in [0.2, 0.25) is 0 Å². The number of rotatable bonds is 7. The van der Waals surface area contributed by atoms with E-state index in [-0.39, 0.29) is 0 Å². The zero-order chi connectivity index (χ0) is 15.5. The molecular formula is C16H23N3O2. The molecule has 0 aliphatic heterocycles. The second-order valence-electron chi connectivity index (χ2n) is 4.79. The third kappa shape index (κ3) is 6.70. The van der Waals surface area contributed by atoms with Crippen LogP contribution in [-0.4, -0.2) is 17.5 Å². The molecule has 0 atom stereocenters. The van der Waals surface area contributed by atoms with Gasteiger partial charge in [0.1, 0.15) is 0 Å². The Morgan fingerprint density at radius 2 is 1.62 bits per heavy atom. The fourth-order valence-electron chi connectivity index (χ4n) is 1.85. The van der Waals surface area contributed by atoms with Crippen molar-refractivity contribution >= 4 is 17.5 Å². The summed E-state index contributed by atoms with van der Waals surface area (Å²) in [5, 5.41) is 6.60. The highest BCUT2D eigenvalue weighted by molar-refractivity contribution is 6.35. The van der Waals surface area contributed by atoms with Crippen molar-refractivity contribution in [1.82, 2.24) is 10.7 Å². The van der Waals surface area contributed by atoms with E-state index in [1.165, 1.54) is 0 Å². The average Bonchev–Trinajstić information content (AvgIpc) is 2.51.